The van der Waals surface area contributed by atoms with Gasteiger partial charge in [0.2, 0.25) is 5.91 Å². The predicted molar refractivity (Wildman–Crippen MR) is 111 cm³/mol. The zero-order valence-electron chi connectivity index (χ0n) is 15.5. The molecule has 1 aliphatic heterocycles. The van der Waals surface area contributed by atoms with E-state index in [0.717, 1.165) is 6.08 Å². The van der Waals surface area contributed by atoms with Crippen molar-refractivity contribution in [2.45, 2.75) is 19.4 Å². The number of rotatable bonds is 4. The number of anilines is 2. The van der Waals surface area contributed by atoms with E-state index in [1.54, 1.807) is 37.3 Å². The highest BCUT2D eigenvalue weighted by Gasteiger charge is 2.29. The van der Waals surface area contributed by atoms with E-state index in [-0.39, 0.29) is 17.9 Å². The first kappa shape index (κ1) is 20.7. The molecule has 1 N–H and O–H groups in total. The summed E-state index contributed by atoms with van der Waals surface area (Å²) in [6.45, 7) is 1.24. The number of esters is 1. The van der Waals surface area contributed by atoms with E-state index in [2.05, 4.69) is 21.2 Å². The quantitative estimate of drug-likeness (QED) is 0.554. The van der Waals surface area contributed by atoms with Gasteiger partial charge in [-0.05, 0) is 43.3 Å². The SMILES string of the molecule is CC1CC(=O)Nc2ccccc2N1C(=O)COC(=O)C=Cc1cc(Br)ccc1F. The van der Waals surface area contributed by atoms with Gasteiger partial charge in [0, 0.05) is 28.6 Å². The molecule has 29 heavy (non-hydrogen) atoms. The van der Waals surface area contributed by atoms with Gasteiger partial charge in [-0.2, -0.15) is 0 Å². The molecule has 3 rings (SSSR count). The molecule has 0 saturated heterocycles. The topological polar surface area (TPSA) is 75.7 Å². The van der Waals surface area contributed by atoms with Crippen molar-refractivity contribution in [2.24, 2.45) is 0 Å². The minimum Gasteiger partial charge on any atom is -0.452 e. The van der Waals surface area contributed by atoms with E-state index in [1.165, 1.54) is 23.1 Å². The van der Waals surface area contributed by atoms with Gasteiger partial charge in [-0.3, -0.25) is 9.59 Å². The third kappa shape index (κ3) is 5.08. The standard InChI is InChI=1S/C21H18BrFN2O4/c1-13-10-19(26)24-17-4-2-3-5-18(17)25(13)20(27)12-29-21(28)9-6-14-11-15(22)7-8-16(14)23/h2-9,11,13H,10,12H2,1H3,(H,24,26). The molecule has 1 heterocycles. The lowest BCUT2D eigenvalue weighted by atomic mass is 10.1. The minimum atomic E-state index is -0.775. The summed E-state index contributed by atoms with van der Waals surface area (Å²) in [5.41, 5.74) is 1.27. The van der Waals surface area contributed by atoms with Crippen LogP contribution in [0, 0.1) is 5.82 Å². The predicted octanol–water partition coefficient (Wildman–Crippen LogP) is 3.91. The maximum absolute atomic E-state index is 13.7. The van der Waals surface area contributed by atoms with Gasteiger partial charge in [0.25, 0.3) is 5.91 Å². The van der Waals surface area contributed by atoms with Gasteiger partial charge in [-0.1, -0.05) is 28.1 Å². The second-order valence-electron chi connectivity index (χ2n) is 6.49. The van der Waals surface area contributed by atoms with Crippen LogP contribution >= 0.6 is 15.9 Å². The third-order valence-corrected chi connectivity index (χ3v) is 4.82. The van der Waals surface area contributed by atoms with Crippen molar-refractivity contribution in [3.05, 3.63) is 64.4 Å². The smallest absolute Gasteiger partial charge is 0.331 e. The molecule has 150 valence electrons. The molecule has 0 aromatic heterocycles. The summed E-state index contributed by atoms with van der Waals surface area (Å²) in [7, 11) is 0. The molecule has 0 fully saturated rings. The molecule has 2 amide bonds. The van der Waals surface area contributed by atoms with E-state index >= 15 is 0 Å². The van der Waals surface area contributed by atoms with Crippen LogP contribution in [0.5, 0.6) is 0 Å². The first-order valence-corrected chi connectivity index (χ1v) is 9.65. The van der Waals surface area contributed by atoms with Crippen LogP contribution in [-0.2, 0) is 19.1 Å². The number of hydrogen-bond donors (Lipinski definition) is 1. The summed E-state index contributed by atoms with van der Waals surface area (Å²) in [5.74, 6) is -1.92. The van der Waals surface area contributed by atoms with Crippen LogP contribution in [0.25, 0.3) is 6.08 Å². The van der Waals surface area contributed by atoms with Gasteiger partial charge in [-0.15, -0.1) is 0 Å². The van der Waals surface area contributed by atoms with Crippen LogP contribution in [0.15, 0.2) is 53.0 Å². The Kier molecular flexibility index (Phi) is 6.43. The van der Waals surface area contributed by atoms with Crippen LogP contribution in [-0.4, -0.2) is 30.4 Å². The van der Waals surface area contributed by atoms with Crippen molar-refractivity contribution >= 4 is 51.2 Å². The van der Waals surface area contributed by atoms with Gasteiger partial charge >= 0.3 is 5.97 Å². The maximum Gasteiger partial charge on any atom is 0.331 e. The van der Waals surface area contributed by atoms with Gasteiger partial charge in [0.1, 0.15) is 5.82 Å². The molecule has 0 aliphatic carbocycles. The van der Waals surface area contributed by atoms with Gasteiger partial charge in [0.15, 0.2) is 6.61 Å². The number of benzene rings is 2. The van der Waals surface area contributed by atoms with Crippen molar-refractivity contribution in [1.29, 1.82) is 0 Å². The van der Waals surface area contributed by atoms with Gasteiger partial charge < -0.3 is 15.0 Å². The number of nitrogens with zero attached hydrogens (tertiary/aromatic N) is 1. The highest BCUT2D eigenvalue weighted by Crippen LogP contribution is 2.31. The van der Waals surface area contributed by atoms with Crippen LogP contribution < -0.4 is 10.2 Å². The highest BCUT2D eigenvalue weighted by atomic mass is 79.9. The monoisotopic (exact) mass is 460 g/mol. The van der Waals surface area contributed by atoms with E-state index in [1.807, 2.05) is 0 Å². The number of carbonyl (C=O) groups excluding carboxylic acids is 3. The molecule has 6 nitrogen and oxygen atoms in total. The number of nitrogens with one attached hydrogen (secondary N) is 1. The minimum absolute atomic E-state index is 0.121. The molecule has 0 radical (unpaired) electrons. The fourth-order valence-corrected chi connectivity index (χ4v) is 3.40. The van der Waals surface area contributed by atoms with Gasteiger partial charge in [0.05, 0.1) is 11.4 Å². The lowest BCUT2D eigenvalue weighted by molar-refractivity contribution is -0.143. The van der Waals surface area contributed by atoms with E-state index in [0.29, 0.717) is 15.8 Å². The molecule has 2 aromatic rings. The zero-order valence-corrected chi connectivity index (χ0v) is 17.1. The Labute approximate surface area is 175 Å². The number of halogens is 2. The van der Waals surface area contributed by atoms with Crippen molar-refractivity contribution < 1.29 is 23.5 Å². The molecule has 8 heteroatoms. The second-order valence-corrected chi connectivity index (χ2v) is 7.40. The Bertz CT molecular complexity index is 992. The highest BCUT2D eigenvalue weighted by molar-refractivity contribution is 9.10. The third-order valence-electron chi connectivity index (χ3n) is 4.32. The van der Waals surface area contributed by atoms with Crippen LogP contribution in [0.3, 0.4) is 0 Å². The molecule has 0 spiro atoms. The second kappa shape index (κ2) is 9.00. The lowest BCUT2D eigenvalue weighted by Crippen LogP contribution is -2.41. The Morgan fingerprint density at radius 1 is 1.31 bits per heavy atom. The molecule has 1 atom stereocenters. The summed E-state index contributed by atoms with van der Waals surface area (Å²) in [6, 6.07) is 10.9. The molecule has 1 unspecified atom stereocenters. The van der Waals surface area contributed by atoms with Crippen LogP contribution in [0.1, 0.15) is 18.9 Å². The van der Waals surface area contributed by atoms with Gasteiger partial charge in [-0.25, -0.2) is 9.18 Å². The fourth-order valence-electron chi connectivity index (χ4n) is 3.02. The number of carbonyl (C=O) groups is 3. The Morgan fingerprint density at radius 2 is 2.07 bits per heavy atom. The largest absolute Gasteiger partial charge is 0.452 e. The molecule has 0 bridgehead atoms. The average molecular weight is 461 g/mol. The molecule has 0 saturated carbocycles. The van der Waals surface area contributed by atoms with Crippen LogP contribution in [0.2, 0.25) is 0 Å². The average Bonchev–Trinajstić information content (AvgIpc) is 2.81. The summed E-state index contributed by atoms with van der Waals surface area (Å²) in [5, 5.41) is 2.76. The van der Waals surface area contributed by atoms with E-state index < -0.39 is 30.3 Å². The zero-order chi connectivity index (χ0) is 21.0. The Balaban J connectivity index is 1.68. The first-order chi connectivity index (χ1) is 13.8. The summed E-state index contributed by atoms with van der Waals surface area (Å²) >= 11 is 3.23. The van der Waals surface area contributed by atoms with Crippen molar-refractivity contribution in [3.8, 4) is 0 Å². The number of para-hydroxylation sites is 2. The Hall–Kier alpha value is -3.00. The number of hydrogen-bond acceptors (Lipinski definition) is 4. The number of amides is 2. The van der Waals surface area contributed by atoms with Crippen molar-refractivity contribution in [2.75, 3.05) is 16.8 Å². The van der Waals surface area contributed by atoms with E-state index in [4.69, 9.17) is 4.74 Å². The Morgan fingerprint density at radius 3 is 2.86 bits per heavy atom. The normalized spacial score (nSPS) is 16.2. The van der Waals surface area contributed by atoms with Crippen molar-refractivity contribution in [1.82, 2.24) is 0 Å². The summed E-state index contributed by atoms with van der Waals surface area (Å²) < 4.78 is 19.4. The lowest BCUT2D eigenvalue weighted by Gasteiger charge is -2.27. The molecule has 2 aromatic carbocycles. The van der Waals surface area contributed by atoms with E-state index in [9.17, 15) is 18.8 Å². The fraction of sp³-hybridized carbons (Fsp3) is 0.190. The first-order valence-electron chi connectivity index (χ1n) is 8.86. The summed E-state index contributed by atoms with van der Waals surface area (Å²) in [6.07, 6.45) is 2.46. The molecular formula is C21H18BrFN2O4. The van der Waals surface area contributed by atoms with Crippen molar-refractivity contribution in [3.63, 3.8) is 0 Å². The number of ether oxygens (including phenoxy) is 1. The maximum atomic E-state index is 13.7. The molecule has 1 aliphatic rings. The summed E-state index contributed by atoms with van der Waals surface area (Å²) in [4.78, 5) is 38.1. The molecular weight excluding hydrogens is 443 g/mol. The van der Waals surface area contributed by atoms with Crippen LogP contribution in [0.4, 0.5) is 15.8 Å². The number of fused-ring (bicyclic) bond motifs is 1.